The maximum atomic E-state index is 13.3. The molecule has 0 fully saturated rings. The fraction of sp³-hybridized carbons (Fsp3) is 0.0909. The standard InChI is InChI=1S/C11H7BrFNO4/c1-17-10-6(2-5(13)3-7(10)12)9-4-8(11(15)16)14-18-9/h2-4H,1H3,(H,15,16). The zero-order chi connectivity index (χ0) is 13.3. The van der Waals surface area contributed by atoms with Crippen LogP contribution in [0.4, 0.5) is 4.39 Å². The summed E-state index contributed by atoms with van der Waals surface area (Å²) in [4.78, 5) is 10.7. The zero-order valence-corrected chi connectivity index (χ0v) is 10.7. The van der Waals surface area contributed by atoms with Gasteiger partial charge in [-0.25, -0.2) is 9.18 Å². The molecule has 2 rings (SSSR count). The molecule has 0 saturated carbocycles. The first-order chi connectivity index (χ1) is 8.52. The van der Waals surface area contributed by atoms with Gasteiger partial charge in [-0.15, -0.1) is 0 Å². The summed E-state index contributed by atoms with van der Waals surface area (Å²) in [6.07, 6.45) is 0. The summed E-state index contributed by atoms with van der Waals surface area (Å²) in [5, 5.41) is 12.1. The van der Waals surface area contributed by atoms with E-state index in [0.717, 1.165) is 0 Å². The molecule has 0 aliphatic carbocycles. The van der Waals surface area contributed by atoms with Gasteiger partial charge in [0, 0.05) is 6.07 Å². The number of rotatable bonds is 3. The molecule has 18 heavy (non-hydrogen) atoms. The Morgan fingerprint density at radius 1 is 1.50 bits per heavy atom. The SMILES string of the molecule is COc1c(Br)cc(F)cc1-c1cc(C(=O)O)no1. The van der Waals surface area contributed by atoms with Crippen molar-refractivity contribution < 1.29 is 23.6 Å². The van der Waals surface area contributed by atoms with E-state index >= 15 is 0 Å². The molecule has 94 valence electrons. The average molecular weight is 316 g/mol. The minimum absolute atomic E-state index is 0.115. The number of aromatic carboxylic acids is 1. The highest BCUT2D eigenvalue weighted by Crippen LogP contribution is 2.37. The van der Waals surface area contributed by atoms with Gasteiger partial charge in [0.25, 0.3) is 0 Å². The van der Waals surface area contributed by atoms with E-state index < -0.39 is 11.8 Å². The molecule has 1 N–H and O–H groups in total. The number of aromatic nitrogens is 1. The summed E-state index contributed by atoms with van der Waals surface area (Å²) in [5.41, 5.74) is 0.0248. The van der Waals surface area contributed by atoms with Crippen molar-refractivity contribution in [3.63, 3.8) is 0 Å². The Kier molecular flexibility index (Phi) is 3.33. The van der Waals surface area contributed by atoms with Crippen LogP contribution in [-0.4, -0.2) is 23.3 Å². The summed E-state index contributed by atoms with van der Waals surface area (Å²) in [7, 11) is 1.41. The number of nitrogens with zero attached hydrogens (tertiary/aromatic N) is 1. The summed E-state index contributed by atoms with van der Waals surface area (Å²) in [5.74, 6) is -1.28. The minimum atomic E-state index is -1.22. The van der Waals surface area contributed by atoms with Crippen molar-refractivity contribution in [3.05, 3.63) is 34.2 Å². The molecule has 0 unspecified atom stereocenters. The number of methoxy groups -OCH3 is 1. The Hall–Kier alpha value is -1.89. The topological polar surface area (TPSA) is 72.6 Å². The quantitative estimate of drug-likeness (QED) is 0.942. The van der Waals surface area contributed by atoms with E-state index in [2.05, 4.69) is 21.1 Å². The van der Waals surface area contributed by atoms with E-state index in [-0.39, 0.29) is 17.0 Å². The molecule has 2 aromatic rings. The van der Waals surface area contributed by atoms with Gasteiger partial charge >= 0.3 is 5.97 Å². The van der Waals surface area contributed by atoms with Crippen molar-refractivity contribution in [3.8, 4) is 17.1 Å². The van der Waals surface area contributed by atoms with Crippen LogP contribution in [0.3, 0.4) is 0 Å². The Morgan fingerprint density at radius 3 is 2.78 bits per heavy atom. The van der Waals surface area contributed by atoms with Gasteiger partial charge in [-0.3, -0.25) is 0 Å². The third-order valence-electron chi connectivity index (χ3n) is 2.21. The number of carbonyl (C=O) groups is 1. The van der Waals surface area contributed by atoms with Gasteiger partial charge in [0.05, 0.1) is 17.1 Å². The molecule has 0 atom stereocenters. The molecule has 0 aliphatic rings. The van der Waals surface area contributed by atoms with Crippen LogP contribution in [0.25, 0.3) is 11.3 Å². The van der Waals surface area contributed by atoms with E-state index in [0.29, 0.717) is 10.2 Å². The largest absolute Gasteiger partial charge is 0.495 e. The van der Waals surface area contributed by atoms with Crippen LogP contribution in [0.2, 0.25) is 0 Å². The molecular formula is C11H7BrFNO4. The van der Waals surface area contributed by atoms with Gasteiger partial charge in [0.1, 0.15) is 11.6 Å². The van der Waals surface area contributed by atoms with E-state index in [9.17, 15) is 9.18 Å². The van der Waals surface area contributed by atoms with Crippen LogP contribution >= 0.6 is 15.9 Å². The van der Waals surface area contributed by atoms with Gasteiger partial charge in [-0.1, -0.05) is 5.16 Å². The van der Waals surface area contributed by atoms with Crippen molar-refractivity contribution >= 4 is 21.9 Å². The second-order valence-electron chi connectivity index (χ2n) is 3.35. The normalized spacial score (nSPS) is 10.4. The lowest BCUT2D eigenvalue weighted by atomic mass is 10.1. The summed E-state index contributed by atoms with van der Waals surface area (Å²) >= 11 is 3.15. The Bertz CT molecular complexity index is 611. The molecule has 0 saturated heterocycles. The van der Waals surface area contributed by atoms with E-state index in [1.165, 1.54) is 25.3 Å². The number of carboxylic acid groups (broad SMARTS) is 1. The first-order valence-corrected chi connectivity index (χ1v) is 5.55. The van der Waals surface area contributed by atoms with E-state index in [4.69, 9.17) is 14.4 Å². The number of ether oxygens (including phenoxy) is 1. The molecule has 5 nitrogen and oxygen atoms in total. The number of hydrogen-bond donors (Lipinski definition) is 1. The van der Waals surface area contributed by atoms with Crippen molar-refractivity contribution in [1.82, 2.24) is 5.16 Å². The van der Waals surface area contributed by atoms with Gasteiger partial charge in [-0.05, 0) is 28.1 Å². The molecule has 1 heterocycles. The second-order valence-corrected chi connectivity index (χ2v) is 4.20. The van der Waals surface area contributed by atoms with Crippen LogP contribution in [0, 0.1) is 5.82 Å². The molecule has 0 bridgehead atoms. The number of hydrogen-bond acceptors (Lipinski definition) is 4. The Balaban J connectivity index is 2.58. The first-order valence-electron chi connectivity index (χ1n) is 4.76. The third-order valence-corrected chi connectivity index (χ3v) is 2.80. The third kappa shape index (κ3) is 2.21. The lowest BCUT2D eigenvalue weighted by molar-refractivity contribution is 0.0686. The highest BCUT2D eigenvalue weighted by molar-refractivity contribution is 9.10. The predicted molar refractivity (Wildman–Crippen MR) is 63.1 cm³/mol. The zero-order valence-electron chi connectivity index (χ0n) is 9.11. The van der Waals surface area contributed by atoms with Crippen LogP contribution in [0.5, 0.6) is 5.75 Å². The molecule has 1 aromatic heterocycles. The summed E-state index contributed by atoms with van der Waals surface area (Å²) in [6.45, 7) is 0. The minimum Gasteiger partial charge on any atom is -0.495 e. The molecular weight excluding hydrogens is 309 g/mol. The Labute approximate surface area is 109 Å². The monoisotopic (exact) mass is 315 g/mol. The molecule has 1 aromatic carbocycles. The molecule has 0 radical (unpaired) electrons. The summed E-state index contributed by atoms with van der Waals surface area (Å²) in [6, 6.07) is 3.61. The van der Waals surface area contributed by atoms with Crippen molar-refractivity contribution in [2.45, 2.75) is 0 Å². The summed E-state index contributed by atoms with van der Waals surface area (Å²) < 4.78 is 23.7. The predicted octanol–water partition coefficient (Wildman–Crippen LogP) is 2.95. The van der Waals surface area contributed by atoms with Crippen molar-refractivity contribution in [1.29, 1.82) is 0 Å². The molecule has 0 amide bonds. The lowest BCUT2D eigenvalue weighted by Crippen LogP contribution is -1.94. The van der Waals surface area contributed by atoms with Gasteiger partial charge in [-0.2, -0.15) is 0 Å². The van der Waals surface area contributed by atoms with Crippen molar-refractivity contribution in [2.24, 2.45) is 0 Å². The highest BCUT2D eigenvalue weighted by Gasteiger charge is 2.18. The number of carboxylic acids is 1. The highest BCUT2D eigenvalue weighted by atomic mass is 79.9. The molecule has 0 aliphatic heterocycles. The Morgan fingerprint density at radius 2 is 2.22 bits per heavy atom. The van der Waals surface area contributed by atoms with E-state index in [1.54, 1.807) is 0 Å². The van der Waals surface area contributed by atoms with Gasteiger partial charge in [0.15, 0.2) is 11.5 Å². The van der Waals surface area contributed by atoms with Crippen molar-refractivity contribution in [2.75, 3.05) is 7.11 Å². The van der Waals surface area contributed by atoms with E-state index in [1.807, 2.05) is 0 Å². The lowest BCUT2D eigenvalue weighted by Gasteiger charge is -2.07. The molecule has 7 heteroatoms. The maximum Gasteiger partial charge on any atom is 0.358 e. The maximum absolute atomic E-state index is 13.3. The van der Waals surface area contributed by atoms with Gasteiger partial charge < -0.3 is 14.4 Å². The van der Waals surface area contributed by atoms with Crippen LogP contribution in [-0.2, 0) is 0 Å². The van der Waals surface area contributed by atoms with Crippen LogP contribution in [0.1, 0.15) is 10.5 Å². The smallest absolute Gasteiger partial charge is 0.358 e. The second kappa shape index (κ2) is 4.77. The van der Waals surface area contributed by atoms with Crippen LogP contribution in [0.15, 0.2) is 27.2 Å². The average Bonchev–Trinajstić information content (AvgIpc) is 2.77. The number of benzene rings is 1. The fourth-order valence-electron chi connectivity index (χ4n) is 1.45. The fourth-order valence-corrected chi connectivity index (χ4v) is 2.05. The number of halogens is 2. The van der Waals surface area contributed by atoms with Gasteiger partial charge in [0.2, 0.25) is 0 Å². The molecule has 0 spiro atoms. The first kappa shape index (κ1) is 12.6. The van der Waals surface area contributed by atoms with Crippen LogP contribution < -0.4 is 4.74 Å².